The summed E-state index contributed by atoms with van der Waals surface area (Å²) >= 11 is 0. The molecule has 8 heteroatoms. The fraction of sp³-hybridized carbons (Fsp3) is 0.333. The van der Waals surface area contributed by atoms with Gasteiger partial charge < -0.3 is 19.1 Å². The van der Waals surface area contributed by atoms with Gasteiger partial charge in [0.15, 0.2) is 0 Å². The lowest BCUT2D eigenvalue weighted by Crippen LogP contribution is -2.35. The maximum Gasteiger partial charge on any atom is 0.331 e. The van der Waals surface area contributed by atoms with Crippen LogP contribution < -0.4 is 5.32 Å². The van der Waals surface area contributed by atoms with Crippen molar-refractivity contribution in [2.45, 2.75) is 33.3 Å². The molecule has 1 amide bonds. The third-order valence-electron chi connectivity index (χ3n) is 5.88. The van der Waals surface area contributed by atoms with Gasteiger partial charge in [-0.3, -0.25) is 14.2 Å². The Balaban J connectivity index is 1.63. The standard InChI is InChI=1S/C30H36NO6P/c1-3-36-38(34,37-4-2)23-28(21-24-15-17-27(18-16-24)26-13-9-6-10-14-26)30(33)31-20-19-29(32)35-22-25-11-7-5-8-12-25/h5-18,28H,3-4,19-23H2,1-2H3,(H,31,33). The van der Waals surface area contributed by atoms with Crippen molar-refractivity contribution >= 4 is 19.5 Å². The minimum atomic E-state index is -3.47. The van der Waals surface area contributed by atoms with Gasteiger partial charge in [-0.15, -0.1) is 0 Å². The summed E-state index contributed by atoms with van der Waals surface area (Å²) in [6.45, 7) is 4.20. The molecule has 3 aromatic carbocycles. The van der Waals surface area contributed by atoms with Crippen molar-refractivity contribution in [2.75, 3.05) is 25.9 Å². The lowest BCUT2D eigenvalue weighted by atomic mass is 9.97. The number of carbonyl (C=O) groups excluding carboxylic acids is 2. The summed E-state index contributed by atoms with van der Waals surface area (Å²) in [5.41, 5.74) is 3.99. The van der Waals surface area contributed by atoms with Crippen LogP contribution in [0.3, 0.4) is 0 Å². The van der Waals surface area contributed by atoms with Gasteiger partial charge in [0, 0.05) is 6.54 Å². The zero-order valence-corrected chi connectivity index (χ0v) is 22.9. The van der Waals surface area contributed by atoms with Crippen LogP contribution in [0.4, 0.5) is 0 Å². The maximum absolute atomic E-state index is 13.3. The lowest BCUT2D eigenvalue weighted by Gasteiger charge is -2.23. The molecule has 3 aromatic rings. The van der Waals surface area contributed by atoms with Gasteiger partial charge in [0.1, 0.15) is 6.61 Å². The molecule has 1 unspecified atom stereocenters. The zero-order valence-electron chi connectivity index (χ0n) is 22.0. The highest BCUT2D eigenvalue weighted by atomic mass is 31.2. The highest BCUT2D eigenvalue weighted by molar-refractivity contribution is 7.53. The number of hydrogen-bond acceptors (Lipinski definition) is 6. The largest absolute Gasteiger partial charge is 0.461 e. The van der Waals surface area contributed by atoms with Crippen molar-refractivity contribution in [3.05, 3.63) is 96.1 Å². The summed E-state index contributed by atoms with van der Waals surface area (Å²) in [4.78, 5) is 25.3. The van der Waals surface area contributed by atoms with Crippen LogP contribution in [0, 0.1) is 5.92 Å². The first kappa shape index (κ1) is 29.3. The van der Waals surface area contributed by atoms with Crippen molar-refractivity contribution in [1.82, 2.24) is 5.32 Å². The van der Waals surface area contributed by atoms with E-state index in [0.29, 0.717) is 6.42 Å². The quantitative estimate of drug-likeness (QED) is 0.188. The van der Waals surface area contributed by atoms with Gasteiger partial charge in [-0.1, -0.05) is 84.9 Å². The molecule has 0 radical (unpaired) electrons. The van der Waals surface area contributed by atoms with E-state index in [1.54, 1.807) is 13.8 Å². The van der Waals surface area contributed by atoms with Crippen LogP contribution in [0.2, 0.25) is 0 Å². The molecule has 0 aliphatic carbocycles. The lowest BCUT2D eigenvalue weighted by molar-refractivity contribution is -0.144. The Morgan fingerprint density at radius 3 is 1.97 bits per heavy atom. The highest BCUT2D eigenvalue weighted by Gasteiger charge is 2.32. The minimum absolute atomic E-state index is 0.0334. The van der Waals surface area contributed by atoms with E-state index in [1.165, 1.54) is 0 Å². The zero-order chi connectivity index (χ0) is 27.2. The number of amides is 1. The summed E-state index contributed by atoms with van der Waals surface area (Å²) in [5, 5.41) is 2.80. The minimum Gasteiger partial charge on any atom is -0.461 e. The van der Waals surface area contributed by atoms with E-state index in [1.807, 2.05) is 84.9 Å². The number of rotatable bonds is 15. The first-order chi connectivity index (χ1) is 18.4. The summed E-state index contributed by atoms with van der Waals surface area (Å²) in [5.74, 6) is -1.38. The maximum atomic E-state index is 13.3. The average molecular weight is 538 g/mol. The normalized spacial score (nSPS) is 12.1. The average Bonchev–Trinajstić information content (AvgIpc) is 2.93. The summed E-state index contributed by atoms with van der Waals surface area (Å²) in [6.07, 6.45) is 0.328. The van der Waals surface area contributed by atoms with Crippen LogP contribution in [-0.2, 0) is 41.0 Å². The first-order valence-electron chi connectivity index (χ1n) is 12.9. The molecule has 0 fully saturated rings. The molecule has 1 N–H and O–H groups in total. The summed E-state index contributed by atoms with van der Waals surface area (Å²) in [7, 11) is -3.47. The molecule has 7 nitrogen and oxygen atoms in total. The van der Waals surface area contributed by atoms with Crippen molar-refractivity contribution in [1.29, 1.82) is 0 Å². The molecule has 0 saturated carbocycles. The smallest absolute Gasteiger partial charge is 0.331 e. The van der Waals surface area contributed by atoms with Crippen LogP contribution in [0.15, 0.2) is 84.9 Å². The number of hydrogen-bond donors (Lipinski definition) is 1. The summed E-state index contributed by atoms with van der Waals surface area (Å²) < 4.78 is 29.5. The van der Waals surface area contributed by atoms with Gasteiger partial charge in [-0.05, 0) is 42.5 Å². The third-order valence-corrected chi connectivity index (χ3v) is 8.07. The van der Waals surface area contributed by atoms with E-state index >= 15 is 0 Å². The predicted octanol–water partition coefficient (Wildman–Crippen LogP) is 6.03. The number of ether oxygens (including phenoxy) is 1. The molecule has 0 aliphatic heterocycles. The SMILES string of the molecule is CCOP(=O)(CC(Cc1ccc(-c2ccccc2)cc1)C(=O)NCCC(=O)OCc1ccccc1)OCC. The van der Waals surface area contributed by atoms with Crippen LogP contribution in [0.5, 0.6) is 0 Å². The molecule has 0 heterocycles. The summed E-state index contributed by atoms with van der Waals surface area (Å²) in [6, 6.07) is 27.4. The second-order valence-corrected chi connectivity index (χ2v) is 10.9. The van der Waals surface area contributed by atoms with E-state index < -0.39 is 19.5 Å². The fourth-order valence-corrected chi connectivity index (χ4v) is 5.94. The Morgan fingerprint density at radius 2 is 1.37 bits per heavy atom. The van der Waals surface area contributed by atoms with Crippen molar-refractivity contribution in [2.24, 2.45) is 5.92 Å². The Hall–Kier alpha value is -3.25. The third kappa shape index (κ3) is 9.56. The van der Waals surface area contributed by atoms with E-state index in [2.05, 4.69) is 5.32 Å². The molecule has 0 aliphatic rings. The van der Waals surface area contributed by atoms with E-state index in [4.69, 9.17) is 13.8 Å². The topological polar surface area (TPSA) is 90.9 Å². The number of nitrogens with one attached hydrogen (secondary N) is 1. The van der Waals surface area contributed by atoms with Gasteiger partial charge in [0.05, 0.1) is 31.7 Å². The monoisotopic (exact) mass is 537 g/mol. The van der Waals surface area contributed by atoms with Gasteiger partial charge in [0.2, 0.25) is 5.91 Å². The van der Waals surface area contributed by atoms with Crippen LogP contribution in [0.25, 0.3) is 11.1 Å². The Kier molecular flexibility index (Phi) is 11.7. The number of carbonyl (C=O) groups is 2. The van der Waals surface area contributed by atoms with Crippen LogP contribution >= 0.6 is 7.60 Å². The van der Waals surface area contributed by atoms with Gasteiger partial charge in [-0.2, -0.15) is 0 Å². The Labute approximate surface area is 225 Å². The van der Waals surface area contributed by atoms with Gasteiger partial charge >= 0.3 is 13.6 Å². The van der Waals surface area contributed by atoms with E-state index in [0.717, 1.165) is 22.3 Å². The van der Waals surface area contributed by atoms with Crippen LogP contribution in [-0.4, -0.2) is 37.8 Å². The molecule has 0 aromatic heterocycles. The molecule has 202 valence electrons. The Morgan fingerprint density at radius 1 is 0.789 bits per heavy atom. The number of esters is 1. The molecule has 0 bridgehead atoms. The van der Waals surface area contributed by atoms with E-state index in [-0.39, 0.29) is 44.9 Å². The highest BCUT2D eigenvalue weighted by Crippen LogP contribution is 2.50. The van der Waals surface area contributed by atoms with Crippen molar-refractivity contribution in [3.8, 4) is 11.1 Å². The second kappa shape index (κ2) is 15.2. The molecule has 38 heavy (non-hydrogen) atoms. The first-order valence-corrected chi connectivity index (χ1v) is 14.6. The number of benzene rings is 3. The van der Waals surface area contributed by atoms with Crippen molar-refractivity contribution < 1.29 is 27.9 Å². The predicted molar refractivity (Wildman–Crippen MR) is 149 cm³/mol. The molecule has 0 spiro atoms. The van der Waals surface area contributed by atoms with Crippen LogP contribution in [0.1, 0.15) is 31.4 Å². The molecular formula is C30H36NO6P. The van der Waals surface area contributed by atoms with Gasteiger partial charge in [0.25, 0.3) is 0 Å². The molecule has 1 atom stereocenters. The van der Waals surface area contributed by atoms with Gasteiger partial charge in [-0.25, -0.2) is 0 Å². The molecular weight excluding hydrogens is 501 g/mol. The molecule has 3 rings (SSSR count). The molecule has 0 saturated heterocycles. The van der Waals surface area contributed by atoms with E-state index in [9.17, 15) is 14.2 Å². The Bertz CT molecular complexity index is 1170. The van der Waals surface area contributed by atoms with Crippen molar-refractivity contribution in [3.63, 3.8) is 0 Å². The second-order valence-electron chi connectivity index (χ2n) is 8.78. The fourth-order valence-electron chi connectivity index (χ4n) is 4.04.